The Bertz CT molecular complexity index is 782. The number of benzene rings is 2. The molecule has 1 aliphatic heterocycles. The van der Waals surface area contributed by atoms with Gasteiger partial charge in [0.15, 0.2) is 0 Å². The van der Waals surface area contributed by atoms with Gasteiger partial charge in [-0.15, -0.1) is 11.8 Å². The Morgan fingerprint density at radius 3 is 2.83 bits per heavy atom. The van der Waals surface area contributed by atoms with Gasteiger partial charge in [-0.2, -0.15) is 0 Å². The fourth-order valence-electron chi connectivity index (χ4n) is 2.47. The van der Waals surface area contributed by atoms with E-state index in [1.807, 2.05) is 24.3 Å². The van der Waals surface area contributed by atoms with Gasteiger partial charge in [0.25, 0.3) is 11.6 Å². The lowest BCUT2D eigenvalue weighted by atomic mass is 10.1. The molecule has 0 spiro atoms. The second-order valence-corrected chi connectivity index (χ2v) is 6.59. The first kappa shape index (κ1) is 15.8. The number of anilines is 1. The largest absolute Gasteiger partial charge is 0.307 e. The molecule has 7 heteroatoms. The van der Waals surface area contributed by atoms with E-state index in [0.717, 1.165) is 22.8 Å². The molecule has 2 aromatic rings. The van der Waals surface area contributed by atoms with Crippen LogP contribution in [0.2, 0.25) is 5.02 Å². The Kier molecular flexibility index (Phi) is 4.54. The Morgan fingerprint density at radius 2 is 2.04 bits per heavy atom. The highest BCUT2D eigenvalue weighted by atomic mass is 35.5. The van der Waals surface area contributed by atoms with Gasteiger partial charge in [-0.05, 0) is 30.4 Å². The van der Waals surface area contributed by atoms with Crippen LogP contribution in [0.4, 0.5) is 11.4 Å². The fourth-order valence-corrected chi connectivity index (χ4v) is 3.67. The summed E-state index contributed by atoms with van der Waals surface area (Å²) in [6, 6.07) is 11.6. The van der Waals surface area contributed by atoms with Gasteiger partial charge in [0.1, 0.15) is 0 Å². The van der Waals surface area contributed by atoms with E-state index in [9.17, 15) is 14.9 Å². The normalized spacial score (nSPS) is 14.0. The molecule has 1 aliphatic rings. The number of rotatable bonds is 2. The van der Waals surface area contributed by atoms with E-state index in [1.54, 1.807) is 16.7 Å². The summed E-state index contributed by atoms with van der Waals surface area (Å²) in [4.78, 5) is 26.0. The molecule has 0 radical (unpaired) electrons. The highest BCUT2D eigenvalue weighted by molar-refractivity contribution is 7.99. The minimum absolute atomic E-state index is 0.143. The lowest BCUT2D eigenvalue weighted by molar-refractivity contribution is -0.384. The minimum Gasteiger partial charge on any atom is -0.307 e. The van der Waals surface area contributed by atoms with Gasteiger partial charge < -0.3 is 4.90 Å². The number of nitro benzene ring substituents is 1. The van der Waals surface area contributed by atoms with Crippen molar-refractivity contribution in [3.8, 4) is 0 Å². The zero-order valence-electron chi connectivity index (χ0n) is 12.1. The number of hydrogen-bond acceptors (Lipinski definition) is 4. The van der Waals surface area contributed by atoms with Crippen molar-refractivity contribution in [1.29, 1.82) is 0 Å². The summed E-state index contributed by atoms with van der Waals surface area (Å²) in [5.41, 5.74) is 0.834. The molecule has 23 heavy (non-hydrogen) atoms. The summed E-state index contributed by atoms with van der Waals surface area (Å²) in [6.07, 6.45) is 0.845. The molecular formula is C16H13ClN2O3S. The lowest BCUT2D eigenvalue weighted by Crippen LogP contribution is -2.32. The van der Waals surface area contributed by atoms with Crippen LogP contribution in [0.5, 0.6) is 0 Å². The molecule has 1 amide bonds. The lowest BCUT2D eigenvalue weighted by Gasteiger charge is -2.23. The Morgan fingerprint density at radius 1 is 1.26 bits per heavy atom. The highest BCUT2D eigenvalue weighted by Gasteiger charge is 2.25. The number of non-ortho nitro benzene ring substituents is 1. The maximum atomic E-state index is 12.9. The molecule has 2 aromatic carbocycles. The van der Waals surface area contributed by atoms with Crippen LogP contribution in [0.25, 0.3) is 0 Å². The van der Waals surface area contributed by atoms with Crippen molar-refractivity contribution in [2.24, 2.45) is 0 Å². The average Bonchev–Trinajstić information content (AvgIpc) is 2.77. The molecule has 0 unspecified atom stereocenters. The zero-order valence-corrected chi connectivity index (χ0v) is 13.6. The number of nitro groups is 1. The van der Waals surface area contributed by atoms with E-state index < -0.39 is 4.92 Å². The molecule has 1 heterocycles. The summed E-state index contributed by atoms with van der Waals surface area (Å²) in [7, 11) is 0. The Labute approximate surface area is 142 Å². The maximum Gasteiger partial charge on any atom is 0.270 e. The smallest absolute Gasteiger partial charge is 0.270 e. The van der Waals surface area contributed by atoms with Crippen LogP contribution >= 0.6 is 23.4 Å². The van der Waals surface area contributed by atoms with E-state index in [-0.39, 0.29) is 22.2 Å². The van der Waals surface area contributed by atoms with Gasteiger partial charge in [0.05, 0.1) is 21.2 Å². The number of carbonyl (C=O) groups is 1. The van der Waals surface area contributed by atoms with E-state index >= 15 is 0 Å². The second-order valence-electron chi connectivity index (χ2n) is 5.05. The van der Waals surface area contributed by atoms with Gasteiger partial charge in [-0.3, -0.25) is 14.9 Å². The number of para-hydroxylation sites is 1. The number of nitrogens with zero attached hydrogens (tertiary/aromatic N) is 2. The third kappa shape index (κ3) is 3.18. The number of fused-ring (bicyclic) bond motifs is 1. The first-order valence-electron chi connectivity index (χ1n) is 7.05. The van der Waals surface area contributed by atoms with Gasteiger partial charge in [0.2, 0.25) is 0 Å². The SMILES string of the molecule is O=C(c1cc([N+](=O)[O-])ccc1Cl)N1CCCSc2ccccc21. The van der Waals surface area contributed by atoms with Crippen molar-refractivity contribution < 1.29 is 9.72 Å². The molecule has 0 saturated heterocycles. The van der Waals surface area contributed by atoms with Gasteiger partial charge in [-0.25, -0.2) is 0 Å². The Hall–Kier alpha value is -2.05. The molecule has 0 N–H and O–H groups in total. The molecule has 3 rings (SSSR count). The van der Waals surface area contributed by atoms with Crippen LogP contribution in [0.1, 0.15) is 16.8 Å². The van der Waals surface area contributed by atoms with E-state index in [0.29, 0.717) is 6.54 Å². The molecule has 5 nitrogen and oxygen atoms in total. The van der Waals surface area contributed by atoms with Crippen LogP contribution in [0.15, 0.2) is 47.4 Å². The van der Waals surface area contributed by atoms with E-state index in [4.69, 9.17) is 11.6 Å². The summed E-state index contributed by atoms with van der Waals surface area (Å²) in [5, 5.41) is 11.2. The molecule has 0 saturated carbocycles. The first-order chi connectivity index (χ1) is 11.1. The zero-order chi connectivity index (χ0) is 16.4. The predicted molar refractivity (Wildman–Crippen MR) is 91.6 cm³/mol. The topological polar surface area (TPSA) is 63.4 Å². The molecule has 0 aliphatic carbocycles. The van der Waals surface area contributed by atoms with Gasteiger partial charge in [0, 0.05) is 23.6 Å². The molecule has 0 bridgehead atoms. The van der Waals surface area contributed by atoms with Gasteiger partial charge in [-0.1, -0.05) is 23.7 Å². The number of amides is 1. The average molecular weight is 349 g/mol. The van der Waals surface area contributed by atoms with Crippen LogP contribution in [-0.2, 0) is 0 Å². The van der Waals surface area contributed by atoms with Crippen LogP contribution in [0.3, 0.4) is 0 Å². The monoisotopic (exact) mass is 348 g/mol. The van der Waals surface area contributed by atoms with Crippen LogP contribution in [0, 0.1) is 10.1 Å². The van der Waals surface area contributed by atoms with E-state index in [1.165, 1.54) is 18.2 Å². The molecule has 0 aromatic heterocycles. The second kappa shape index (κ2) is 6.60. The van der Waals surface area contributed by atoms with Crippen molar-refractivity contribution in [2.75, 3.05) is 17.2 Å². The van der Waals surface area contributed by atoms with Crippen molar-refractivity contribution in [2.45, 2.75) is 11.3 Å². The molecule has 0 atom stereocenters. The maximum absolute atomic E-state index is 12.9. The predicted octanol–water partition coefficient (Wildman–Crippen LogP) is 4.39. The van der Waals surface area contributed by atoms with Crippen molar-refractivity contribution in [3.05, 3.63) is 63.2 Å². The van der Waals surface area contributed by atoms with Crippen molar-refractivity contribution in [3.63, 3.8) is 0 Å². The quantitative estimate of drug-likeness (QED) is 0.596. The number of hydrogen-bond donors (Lipinski definition) is 0. The summed E-state index contributed by atoms with van der Waals surface area (Å²) >= 11 is 7.81. The first-order valence-corrected chi connectivity index (χ1v) is 8.42. The highest BCUT2D eigenvalue weighted by Crippen LogP contribution is 2.35. The van der Waals surface area contributed by atoms with Crippen LogP contribution in [-0.4, -0.2) is 23.1 Å². The summed E-state index contributed by atoms with van der Waals surface area (Å²) < 4.78 is 0. The third-order valence-electron chi connectivity index (χ3n) is 3.58. The third-order valence-corrected chi connectivity index (χ3v) is 5.05. The van der Waals surface area contributed by atoms with Crippen molar-refractivity contribution in [1.82, 2.24) is 0 Å². The summed E-state index contributed by atoms with van der Waals surface area (Å²) in [6.45, 7) is 0.557. The standard InChI is InChI=1S/C16H13ClN2O3S/c17-13-7-6-11(19(21)22)10-12(13)16(20)18-8-3-9-23-15-5-2-1-4-14(15)18/h1-2,4-7,10H,3,8-9H2. The van der Waals surface area contributed by atoms with Crippen molar-refractivity contribution >= 4 is 40.6 Å². The number of halogens is 1. The fraction of sp³-hybridized carbons (Fsp3) is 0.188. The molecule has 0 fully saturated rings. The van der Waals surface area contributed by atoms with E-state index in [2.05, 4.69) is 0 Å². The number of thioether (sulfide) groups is 1. The number of carbonyl (C=O) groups excluding carboxylic acids is 1. The van der Waals surface area contributed by atoms with Gasteiger partial charge >= 0.3 is 0 Å². The summed E-state index contributed by atoms with van der Waals surface area (Å²) in [5.74, 6) is 0.609. The van der Waals surface area contributed by atoms with Crippen LogP contribution < -0.4 is 4.90 Å². The minimum atomic E-state index is -0.528. The Balaban J connectivity index is 2.04. The molecular weight excluding hydrogens is 336 g/mol. The molecule has 118 valence electrons.